The van der Waals surface area contributed by atoms with E-state index in [1.54, 1.807) is 24.3 Å². The predicted octanol–water partition coefficient (Wildman–Crippen LogP) is 2.68. The lowest BCUT2D eigenvalue weighted by Gasteiger charge is -2.34. The molecule has 29 heavy (non-hydrogen) atoms. The van der Waals surface area contributed by atoms with E-state index in [4.69, 9.17) is 16.3 Å². The van der Waals surface area contributed by atoms with Crippen LogP contribution in [0.1, 0.15) is 17.3 Å². The van der Waals surface area contributed by atoms with Gasteiger partial charge in [-0.2, -0.15) is 0 Å². The van der Waals surface area contributed by atoms with Gasteiger partial charge >= 0.3 is 5.97 Å². The minimum absolute atomic E-state index is 0.122. The Kier molecular flexibility index (Phi) is 5.99. The molecule has 10 heteroatoms. The summed E-state index contributed by atoms with van der Waals surface area (Å²) in [6, 6.07) is 10.9. The summed E-state index contributed by atoms with van der Waals surface area (Å²) in [6.45, 7) is 1.34. The number of carbonyl (C=O) groups is 2. The Hall–Kier alpha value is -2.78. The number of anilines is 2. The number of fused-ring (bicyclic) bond motifs is 1. The third-order valence-corrected chi connectivity index (χ3v) is 6.45. The number of nitrogens with one attached hydrogen (secondary N) is 1. The summed E-state index contributed by atoms with van der Waals surface area (Å²) < 4.78 is 36.6. The molecule has 1 N–H and O–H groups in total. The highest BCUT2D eigenvalue weighted by molar-refractivity contribution is 7.92. The smallest absolute Gasteiger partial charge is 0.337 e. The SMILES string of the molecule is CCS(=O)(=O)N1CC(C(=O)Nc2cc(C(=O)OC)ccc2Cl)Oc2ccccc21. The fraction of sp³-hybridized carbons (Fsp3) is 0.263. The van der Waals surface area contributed by atoms with E-state index in [2.05, 4.69) is 10.1 Å². The normalized spacial score (nSPS) is 15.8. The molecule has 0 saturated carbocycles. The summed E-state index contributed by atoms with van der Waals surface area (Å²) in [5.74, 6) is -1.02. The fourth-order valence-corrected chi connectivity index (χ4v) is 4.13. The van der Waals surface area contributed by atoms with E-state index in [0.29, 0.717) is 5.69 Å². The van der Waals surface area contributed by atoms with E-state index in [0.717, 1.165) is 0 Å². The number of esters is 1. The van der Waals surface area contributed by atoms with E-state index in [1.807, 2.05) is 0 Å². The van der Waals surface area contributed by atoms with Crippen LogP contribution in [0.5, 0.6) is 5.75 Å². The highest BCUT2D eigenvalue weighted by Gasteiger charge is 2.36. The minimum Gasteiger partial charge on any atom is -0.476 e. The number of hydrogen-bond acceptors (Lipinski definition) is 6. The lowest BCUT2D eigenvalue weighted by atomic mass is 10.2. The topological polar surface area (TPSA) is 102 Å². The first-order chi connectivity index (χ1) is 13.8. The zero-order valence-corrected chi connectivity index (χ0v) is 17.3. The third-order valence-electron chi connectivity index (χ3n) is 4.37. The third kappa shape index (κ3) is 4.30. The summed E-state index contributed by atoms with van der Waals surface area (Å²) in [5.41, 5.74) is 0.772. The van der Waals surface area contributed by atoms with Crippen molar-refractivity contribution in [1.29, 1.82) is 0 Å². The van der Waals surface area contributed by atoms with Gasteiger partial charge in [-0.25, -0.2) is 13.2 Å². The number of rotatable bonds is 5. The Morgan fingerprint density at radius 2 is 2.00 bits per heavy atom. The number of sulfonamides is 1. The summed E-state index contributed by atoms with van der Waals surface area (Å²) in [7, 11) is -2.38. The number of amides is 1. The molecule has 0 radical (unpaired) electrons. The lowest BCUT2D eigenvalue weighted by molar-refractivity contribution is -0.122. The maximum Gasteiger partial charge on any atom is 0.337 e. The largest absolute Gasteiger partial charge is 0.476 e. The van der Waals surface area contributed by atoms with Gasteiger partial charge in [0.1, 0.15) is 5.75 Å². The van der Waals surface area contributed by atoms with Crippen LogP contribution in [0.15, 0.2) is 42.5 Å². The van der Waals surface area contributed by atoms with Gasteiger partial charge in [-0.3, -0.25) is 9.10 Å². The van der Waals surface area contributed by atoms with Crippen LogP contribution in [0, 0.1) is 0 Å². The highest BCUT2D eigenvalue weighted by atomic mass is 35.5. The molecule has 1 aliphatic heterocycles. The number of ether oxygens (including phenoxy) is 2. The Morgan fingerprint density at radius 1 is 1.28 bits per heavy atom. The fourth-order valence-electron chi connectivity index (χ4n) is 2.84. The monoisotopic (exact) mass is 438 g/mol. The zero-order chi connectivity index (χ0) is 21.2. The summed E-state index contributed by atoms with van der Waals surface area (Å²) in [5, 5.41) is 2.80. The first kappa shape index (κ1) is 20.9. The van der Waals surface area contributed by atoms with Crippen LogP contribution in [-0.2, 0) is 19.6 Å². The van der Waals surface area contributed by atoms with Crippen LogP contribution < -0.4 is 14.4 Å². The number of carbonyl (C=O) groups excluding carboxylic acids is 2. The molecule has 1 unspecified atom stereocenters. The van der Waals surface area contributed by atoms with Crippen molar-refractivity contribution >= 4 is 44.9 Å². The first-order valence-electron chi connectivity index (χ1n) is 8.71. The van der Waals surface area contributed by atoms with Gasteiger partial charge < -0.3 is 14.8 Å². The molecule has 1 amide bonds. The van der Waals surface area contributed by atoms with E-state index < -0.39 is 28.0 Å². The molecule has 0 aliphatic carbocycles. The van der Waals surface area contributed by atoms with Crippen LogP contribution in [0.3, 0.4) is 0 Å². The van der Waals surface area contributed by atoms with Crippen molar-refractivity contribution in [3.05, 3.63) is 53.1 Å². The van der Waals surface area contributed by atoms with Gasteiger partial charge in [-0.15, -0.1) is 0 Å². The number of methoxy groups -OCH3 is 1. The molecule has 0 aromatic heterocycles. The standard InChI is InChI=1S/C19H19ClN2O6S/c1-3-29(25,26)22-11-17(28-16-7-5-4-6-15(16)22)18(23)21-14-10-12(19(24)27-2)8-9-13(14)20/h4-10,17H,3,11H2,1-2H3,(H,21,23). The number of para-hydroxylation sites is 2. The maximum atomic E-state index is 12.8. The minimum atomic E-state index is -3.62. The van der Waals surface area contributed by atoms with Crippen LogP contribution in [0.4, 0.5) is 11.4 Å². The van der Waals surface area contributed by atoms with Gasteiger partial charge in [-0.1, -0.05) is 23.7 Å². The van der Waals surface area contributed by atoms with Crippen LogP contribution in [0.2, 0.25) is 5.02 Å². The van der Waals surface area contributed by atoms with Crippen molar-refractivity contribution in [2.45, 2.75) is 13.0 Å². The Morgan fingerprint density at radius 3 is 2.69 bits per heavy atom. The lowest BCUT2D eigenvalue weighted by Crippen LogP contribution is -2.49. The van der Waals surface area contributed by atoms with E-state index in [9.17, 15) is 18.0 Å². The Bertz CT molecular complexity index is 1060. The molecular formula is C19H19ClN2O6S. The summed E-state index contributed by atoms with van der Waals surface area (Å²) in [4.78, 5) is 24.5. The van der Waals surface area contributed by atoms with Gasteiger partial charge in [0.2, 0.25) is 10.0 Å². The van der Waals surface area contributed by atoms with E-state index in [-0.39, 0.29) is 34.3 Å². The average Bonchev–Trinajstić information content (AvgIpc) is 2.73. The molecule has 0 fully saturated rings. The molecule has 8 nitrogen and oxygen atoms in total. The Balaban J connectivity index is 1.88. The predicted molar refractivity (Wildman–Crippen MR) is 109 cm³/mol. The number of halogens is 1. The van der Waals surface area contributed by atoms with Crippen LogP contribution in [-0.4, -0.2) is 45.8 Å². The van der Waals surface area contributed by atoms with Crippen molar-refractivity contribution in [2.75, 3.05) is 29.0 Å². The van der Waals surface area contributed by atoms with E-state index in [1.165, 1.54) is 36.5 Å². The van der Waals surface area contributed by atoms with Gasteiger partial charge in [0.15, 0.2) is 6.10 Å². The van der Waals surface area contributed by atoms with Crippen molar-refractivity contribution in [2.24, 2.45) is 0 Å². The van der Waals surface area contributed by atoms with Crippen molar-refractivity contribution < 1.29 is 27.5 Å². The van der Waals surface area contributed by atoms with Crippen molar-refractivity contribution in [3.63, 3.8) is 0 Å². The van der Waals surface area contributed by atoms with Gasteiger partial charge in [-0.05, 0) is 37.3 Å². The van der Waals surface area contributed by atoms with Crippen LogP contribution >= 0.6 is 11.6 Å². The number of nitrogens with zero attached hydrogens (tertiary/aromatic N) is 1. The quantitative estimate of drug-likeness (QED) is 0.720. The molecule has 2 aromatic rings. The molecular weight excluding hydrogens is 420 g/mol. The molecule has 1 atom stereocenters. The van der Waals surface area contributed by atoms with Crippen molar-refractivity contribution in [3.8, 4) is 5.75 Å². The number of hydrogen-bond donors (Lipinski definition) is 1. The molecule has 0 bridgehead atoms. The van der Waals surface area contributed by atoms with Gasteiger partial charge in [0, 0.05) is 0 Å². The second kappa shape index (κ2) is 8.30. The average molecular weight is 439 g/mol. The molecule has 0 spiro atoms. The zero-order valence-electron chi connectivity index (χ0n) is 15.7. The molecule has 2 aromatic carbocycles. The molecule has 3 rings (SSSR count). The van der Waals surface area contributed by atoms with Gasteiger partial charge in [0.05, 0.1) is 41.4 Å². The highest BCUT2D eigenvalue weighted by Crippen LogP contribution is 2.35. The second-order valence-corrected chi connectivity index (χ2v) is 8.77. The first-order valence-corrected chi connectivity index (χ1v) is 10.7. The maximum absolute atomic E-state index is 12.8. The molecule has 1 heterocycles. The molecule has 0 saturated heterocycles. The second-order valence-electron chi connectivity index (χ2n) is 6.18. The number of benzene rings is 2. The summed E-state index contributed by atoms with van der Waals surface area (Å²) >= 11 is 6.12. The van der Waals surface area contributed by atoms with Crippen molar-refractivity contribution in [1.82, 2.24) is 0 Å². The molecule has 154 valence electrons. The molecule has 1 aliphatic rings. The van der Waals surface area contributed by atoms with Gasteiger partial charge in [0.25, 0.3) is 5.91 Å². The van der Waals surface area contributed by atoms with Crippen LogP contribution in [0.25, 0.3) is 0 Å². The van der Waals surface area contributed by atoms with E-state index >= 15 is 0 Å². The summed E-state index contributed by atoms with van der Waals surface area (Å²) in [6.07, 6.45) is -1.11. The Labute approximate surface area is 173 Å².